The van der Waals surface area contributed by atoms with Crippen LogP contribution in [0.25, 0.3) is 0 Å². The molecular formula is C6H14O4Si. The third-order valence-electron chi connectivity index (χ3n) is 1.10. The zero-order valence-corrected chi connectivity index (χ0v) is 7.71. The Morgan fingerprint density at radius 3 is 2.64 bits per heavy atom. The molecule has 0 heterocycles. The fraction of sp³-hybridized carbons (Fsp3) is 1.00. The Labute approximate surface area is 68.0 Å². The van der Waals surface area contributed by atoms with Gasteiger partial charge in [0.1, 0.15) is 0 Å². The molecule has 1 N–H and O–H groups in total. The zero-order valence-electron chi connectivity index (χ0n) is 6.71. The lowest BCUT2D eigenvalue weighted by Gasteiger charge is -2.01. The van der Waals surface area contributed by atoms with Gasteiger partial charge in [-0.15, -0.1) is 0 Å². The summed E-state index contributed by atoms with van der Waals surface area (Å²) in [5.74, 6) is 0. The van der Waals surface area contributed by atoms with Gasteiger partial charge in [0.05, 0.1) is 13.2 Å². The molecule has 0 atom stereocenters. The first-order chi connectivity index (χ1) is 5.27. The lowest BCUT2D eigenvalue weighted by molar-refractivity contribution is 0.0864. The minimum absolute atomic E-state index is 0.206. The molecule has 0 aliphatic heterocycles. The number of ether oxygens (including phenoxy) is 1. The molecule has 66 valence electrons. The predicted molar refractivity (Wildman–Crippen MR) is 40.3 cm³/mol. The van der Waals surface area contributed by atoms with Crippen LogP contribution in [0.15, 0.2) is 0 Å². The first-order valence-electron chi connectivity index (χ1n) is 3.70. The van der Waals surface area contributed by atoms with Gasteiger partial charge in [-0.1, -0.05) is 13.3 Å². The van der Waals surface area contributed by atoms with Gasteiger partial charge in [-0.2, -0.15) is 0 Å². The van der Waals surface area contributed by atoms with E-state index < -0.39 is 9.17 Å². The summed E-state index contributed by atoms with van der Waals surface area (Å²) in [5, 5.41) is 0. The maximum absolute atomic E-state index is 10.00. The van der Waals surface area contributed by atoms with Gasteiger partial charge in [0.2, 0.25) is 0 Å². The van der Waals surface area contributed by atoms with E-state index in [0.717, 1.165) is 12.8 Å². The molecule has 0 radical (unpaired) electrons. The van der Waals surface area contributed by atoms with Crippen LogP contribution >= 0.6 is 0 Å². The van der Waals surface area contributed by atoms with Crippen molar-refractivity contribution in [2.75, 3.05) is 19.8 Å². The van der Waals surface area contributed by atoms with E-state index in [1.807, 2.05) is 0 Å². The van der Waals surface area contributed by atoms with Gasteiger partial charge in [0.25, 0.3) is 0 Å². The Balaban J connectivity index is 2.85. The van der Waals surface area contributed by atoms with E-state index >= 15 is 0 Å². The highest BCUT2D eigenvalue weighted by Gasteiger charge is 2.01. The van der Waals surface area contributed by atoms with E-state index in [2.05, 4.69) is 11.3 Å². The zero-order chi connectivity index (χ0) is 8.53. The Morgan fingerprint density at radius 2 is 2.09 bits per heavy atom. The molecule has 0 fully saturated rings. The van der Waals surface area contributed by atoms with Crippen molar-refractivity contribution in [3.63, 3.8) is 0 Å². The van der Waals surface area contributed by atoms with Crippen LogP contribution in [0.1, 0.15) is 19.8 Å². The molecule has 0 aliphatic carbocycles. The van der Waals surface area contributed by atoms with Crippen LogP contribution in [0, 0.1) is 0 Å². The van der Waals surface area contributed by atoms with Crippen LogP contribution in [0.4, 0.5) is 0 Å². The number of unbranched alkanes of at least 4 members (excludes halogenated alkanes) is 1. The van der Waals surface area contributed by atoms with Crippen LogP contribution in [0.2, 0.25) is 0 Å². The largest absolute Gasteiger partial charge is 0.764 e. The second-order valence-electron chi connectivity index (χ2n) is 2.08. The SMILES string of the molecule is CCCCOCCO[Si](=O)O. The molecule has 0 unspecified atom stereocenters. The topological polar surface area (TPSA) is 55.8 Å². The Morgan fingerprint density at radius 1 is 1.36 bits per heavy atom. The summed E-state index contributed by atoms with van der Waals surface area (Å²) < 4.78 is 19.5. The van der Waals surface area contributed by atoms with Gasteiger partial charge in [-0.3, -0.25) is 4.46 Å². The molecule has 0 aromatic rings. The maximum Gasteiger partial charge on any atom is 0.764 e. The number of hydrogen-bond acceptors (Lipinski definition) is 3. The van der Waals surface area contributed by atoms with Gasteiger partial charge >= 0.3 is 9.17 Å². The number of rotatable bonds is 7. The second kappa shape index (κ2) is 7.68. The second-order valence-corrected chi connectivity index (χ2v) is 2.90. The molecule has 0 saturated heterocycles. The highest BCUT2D eigenvalue weighted by Crippen LogP contribution is 1.87. The standard InChI is InChI=1S/C6H14O4Si/c1-2-3-4-9-5-6-10-11(7)8/h7H,2-6H2,1H3. The summed E-state index contributed by atoms with van der Waals surface area (Å²) in [4.78, 5) is 8.22. The van der Waals surface area contributed by atoms with Crippen LogP contribution in [-0.4, -0.2) is 33.8 Å². The highest BCUT2D eigenvalue weighted by atomic mass is 28.3. The van der Waals surface area contributed by atoms with Crippen molar-refractivity contribution in [3.05, 3.63) is 0 Å². The summed E-state index contributed by atoms with van der Waals surface area (Å²) in [6.07, 6.45) is 2.12. The Hall–Kier alpha value is -0.423. The fourth-order valence-corrected chi connectivity index (χ4v) is 0.794. The molecule has 0 aromatic heterocycles. The summed E-state index contributed by atoms with van der Waals surface area (Å²) >= 11 is 0. The molecule has 0 aromatic carbocycles. The van der Waals surface area contributed by atoms with Gasteiger partial charge in [0, 0.05) is 6.61 Å². The van der Waals surface area contributed by atoms with Crippen molar-refractivity contribution in [3.8, 4) is 0 Å². The smallest absolute Gasteiger partial charge is 0.511 e. The van der Waals surface area contributed by atoms with Crippen molar-refractivity contribution < 1.29 is 18.4 Å². The molecule has 0 spiro atoms. The molecule has 0 aliphatic rings. The molecule has 0 saturated carbocycles. The molecular weight excluding hydrogens is 164 g/mol. The van der Waals surface area contributed by atoms with E-state index in [1.54, 1.807) is 0 Å². The highest BCUT2D eigenvalue weighted by molar-refractivity contribution is 6.24. The first-order valence-corrected chi connectivity index (χ1v) is 4.97. The minimum atomic E-state index is -2.76. The molecule has 0 bridgehead atoms. The molecule has 0 amide bonds. The molecule has 5 heteroatoms. The normalized spacial score (nSPS) is 9.55. The quantitative estimate of drug-likeness (QED) is 0.448. The fourth-order valence-electron chi connectivity index (χ4n) is 0.536. The van der Waals surface area contributed by atoms with E-state index in [0.29, 0.717) is 13.2 Å². The third kappa shape index (κ3) is 9.58. The summed E-state index contributed by atoms with van der Waals surface area (Å²) in [5.41, 5.74) is 0. The van der Waals surface area contributed by atoms with Crippen molar-refractivity contribution >= 4 is 9.17 Å². The average Bonchev–Trinajstić information content (AvgIpc) is 1.96. The van der Waals surface area contributed by atoms with Crippen molar-refractivity contribution in [2.45, 2.75) is 19.8 Å². The Bertz CT molecular complexity index is 107. The summed E-state index contributed by atoms with van der Waals surface area (Å²) in [7, 11) is -2.76. The predicted octanol–water partition coefficient (Wildman–Crippen LogP) is 0.227. The van der Waals surface area contributed by atoms with Crippen LogP contribution < -0.4 is 0 Å². The number of hydrogen-bond donors (Lipinski definition) is 1. The van der Waals surface area contributed by atoms with Gasteiger partial charge in [0.15, 0.2) is 0 Å². The molecule has 4 nitrogen and oxygen atoms in total. The summed E-state index contributed by atoms with van der Waals surface area (Å²) in [6, 6.07) is 0. The maximum atomic E-state index is 10.00. The van der Waals surface area contributed by atoms with Crippen LogP contribution in [0.5, 0.6) is 0 Å². The minimum Gasteiger partial charge on any atom is -0.511 e. The molecule has 11 heavy (non-hydrogen) atoms. The molecule has 0 rings (SSSR count). The van der Waals surface area contributed by atoms with Gasteiger partial charge in [-0.25, -0.2) is 0 Å². The van der Waals surface area contributed by atoms with E-state index in [4.69, 9.17) is 9.53 Å². The van der Waals surface area contributed by atoms with E-state index in [-0.39, 0.29) is 6.61 Å². The lowest BCUT2D eigenvalue weighted by atomic mass is 10.4. The van der Waals surface area contributed by atoms with Gasteiger partial charge < -0.3 is 14.0 Å². The first kappa shape index (κ1) is 10.6. The lowest BCUT2D eigenvalue weighted by Crippen LogP contribution is -2.11. The average molecular weight is 178 g/mol. The monoisotopic (exact) mass is 178 g/mol. The van der Waals surface area contributed by atoms with E-state index in [1.165, 1.54) is 0 Å². The van der Waals surface area contributed by atoms with Crippen LogP contribution in [0.3, 0.4) is 0 Å². The van der Waals surface area contributed by atoms with E-state index in [9.17, 15) is 4.46 Å². The van der Waals surface area contributed by atoms with Gasteiger partial charge in [-0.05, 0) is 6.42 Å². The summed E-state index contributed by atoms with van der Waals surface area (Å²) in [6.45, 7) is 3.38. The third-order valence-corrected chi connectivity index (χ3v) is 1.55. The van der Waals surface area contributed by atoms with Crippen molar-refractivity contribution in [2.24, 2.45) is 0 Å². The van der Waals surface area contributed by atoms with Crippen molar-refractivity contribution in [1.29, 1.82) is 0 Å². The Kier molecular flexibility index (Phi) is 7.39. The van der Waals surface area contributed by atoms with Crippen molar-refractivity contribution in [1.82, 2.24) is 0 Å². The van der Waals surface area contributed by atoms with Crippen LogP contribution in [-0.2, 0) is 13.6 Å².